The van der Waals surface area contributed by atoms with Gasteiger partial charge >= 0.3 is 0 Å². The Morgan fingerprint density at radius 1 is 1.07 bits per heavy atom. The topological polar surface area (TPSA) is 105 Å². The first kappa shape index (κ1) is 24.6. The number of nitrogens with two attached hydrogens (primary N) is 1. The largest absolute Gasteiger partial charge is 0.484 e. The number of ether oxygens (including phenoxy) is 1. The van der Waals surface area contributed by atoms with E-state index in [4.69, 9.17) is 10.5 Å². The van der Waals surface area contributed by atoms with Crippen LogP contribution in [0.1, 0.15) is 13.8 Å². The highest BCUT2D eigenvalue weighted by Crippen LogP contribution is 2.11. The number of hydrogen-bond donors (Lipinski definition) is 2. The van der Waals surface area contributed by atoms with E-state index in [1.807, 2.05) is 13.8 Å². The van der Waals surface area contributed by atoms with Crippen molar-refractivity contribution in [2.24, 2.45) is 11.7 Å². The smallest absolute Gasteiger partial charge is 0.260 e. The van der Waals surface area contributed by atoms with Crippen molar-refractivity contribution in [3.05, 3.63) is 30.1 Å². The van der Waals surface area contributed by atoms with Gasteiger partial charge in [0.2, 0.25) is 11.8 Å². The maximum Gasteiger partial charge on any atom is 0.260 e. The zero-order valence-electron chi connectivity index (χ0n) is 16.6. The van der Waals surface area contributed by atoms with Crippen molar-refractivity contribution in [1.29, 1.82) is 0 Å². The molecule has 10 heteroatoms. The summed E-state index contributed by atoms with van der Waals surface area (Å²) in [7, 11) is 0. The van der Waals surface area contributed by atoms with Gasteiger partial charge in [-0.15, -0.1) is 12.4 Å². The maximum atomic E-state index is 12.9. The van der Waals surface area contributed by atoms with Crippen LogP contribution in [0.5, 0.6) is 5.75 Å². The second-order valence-electron chi connectivity index (χ2n) is 6.99. The molecule has 0 aromatic heterocycles. The average Bonchev–Trinajstić information content (AvgIpc) is 2.70. The Morgan fingerprint density at radius 2 is 1.59 bits per heavy atom. The molecule has 0 spiro atoms. The molecule has 0 saturated carbocycles. The van der Waals surface area contributed by atoms with E-state index in [9.17, 15) is 18.8 Å². The molecule has 1 aliphatic rings. The van der Waals surface area contributed by atoms with Crippen LogP contribution in [-0.2, 0) is 14.4 Å². The number of nitrogens with zero attached hydrogens (tertiary/aromatic N) is 2. The van der Waals surface area contributed by atoms with E-state index >= 15 is 0 Å². The standard InChI is InChI=1S/C19H27FN4O4.ClH/c1-13(2)18(21)19(27)22-11-16(25)23-7-9-24(10-8-23)17(26)12-28-15-5-3-14(20)4-6-15;/h3-6,13,18H,7-12,21H2,1-2H3,(H,22,27);1H/t18-;/m0./s1. The summed E-state index contributed by atoms with van der Waals surface area (Å²) < 4.78 is 18.2. The molecule has 1 atom stereocenters. The number of hydrogen-bond acceptors (Lipinski definition) is 5. The second-order valence-corrected chi connectivity index (χ2v) is 6.99. The molecule has 0 aliphatic carbocycles. The monoisotopic (exact) mass is 430 g/mol. The van der Waals surface area contributed by atoms with Crippen molar-refractivity contribution in [2.75, 3.05) is 39.3 Å². The molecule has 1 saturated heterocycles. The minimum absolute atomic E-state index is 0. The number of carbonyl (C=O) groups is 3. The fraction of sp³-hybridized carbons (Fsp3) is 0.526. The van der Waals surface area contributed by atoms with Gasteiger partial charge in [-0.25, -0.2) is 4.39 Å². The highest BCUT2D eigenvalue weighted by Gasteiger charge is 2.25. The van der Waals surface area contributed by atoms with Crippen molar-refractivity contribution in [2.45, 2.75) is 19.9 Å². The lowest BCUT2D eigenvalue weighted by atomic mass is 10.1. The minimum Gasteiger partial charge on any atom is -0.484 e. The summed E-state index contributed by atoms with van der Waals surface area (Å²) in [6.07, 6.45) is 0. The summed E-state index contributed by atoms with van der Waals surface area (Å²) in [5, 5.41) is 2.55. The van der Waals surface area contributed by atoms with Crippen LogP contribution in [0.25, 0.3) is 0 Å². The summed E-state index contributed by atoms with van der Waals surface area (Å²) in [5.74, 6) is -0.732. The fourth-order valence-corrected chi connectivity index (χ4v) is 2.67. The van der Waals surface area contributed by atoms with E-state index in [0.717, 1.165) is 0 Å². The van der Waals surface area contributed by atoms with Crippen LogP contribution in [0.2, 0.25) is 0 Å². The summed E-state index contributed by atoms with van der Waals surface area (Å²) in [6, 6.07) is 4.79. The molecule has 1 fully saturated rings. The summed E-state index contributed by atoms with van der Waals surface area (Å²) in [6.45, 7) is 4.95. The Balaban J connectivity index is 0.00000420. The lowest BCUT2D eigenvalue weighted by Crippen LogP contribution is -2.54. The van der Waals surface area contributed by atoms with Crippen molar-refractivity contribution in [1.82, 2.24) is 15.1 Å². The number of rotatable bonds is 7. The molecule has 1 aromatic rings. The van der Waals surface area contributed by atoms with Gasteiger partial charge in [-0.2, -0.15) is 0 Å². The molecule has 3 amide bonds. The van der Waals surface area contributed by atoms with E-state index in [1.54, 1.807) is 9.80 Å². The molecule has 0 radical (unpaired) electrons. The maximum absolute atomic E-state index is 12.9. The third-order valence-electron chi connectivity index (χ3n) is 4.60. The summed E-state index contributed by atoms with van der Waals surface area (Å²) in [4.78, 5) is 39.5. The average molecular weight is 431 g/mol. The molecular weight excluding hydrogens is 403 g/mol. The number of amides is 3. The van der Waals surface area contributed by atoms with Crippen LogP contribution in [0.4, 0.5) is 4.39 Å². The van der Waals surface area contributed by atoms with Crippen molar-refractivity contribution in [3.63, 3.8) is 0 Å². The molecule has 1 heterocycles. The third-order valence-corrected chi connectivity index (χ3v) is 4.60. The first-order valence-corrected chi connectivity index (χ1v) is 9.25. The highest BCUT2D eigenvalue weighted by atomic mass is 35.5. The predicted molar refractivity (Wildman–Crippen MR) is 108 cm³/mol. The van der Waals surface area contributed by atoms with Gasteiger partial charge in [-0.1, -0.05) is 13.8 Å². The third kappa shape index (κ3) is 7.51. The Labute approximate surface area is 175 Å². The Morgan fingerprint density at radius 3 is 2.10 bits per heavy atom. The summed E-state index contributed by atoms with van der Waals surface area (Å²) in [5.41, 5.74) is 5.74. The van der Waals surface area contributed by atoms with Crippen LogP contribution >= 0.6 is 12.4 Å². The van der Waals surface area contributed by atoms with Crippen LogP contribution in [0, 0.1) is 11.7 Å². The lowest BCUT2D eigenvalue weighted by Gasteiger charge is -2.34. The Bertz CT molecular complexity index is 694. The van der Waals surface area contributed by atoms with Crippen LogP contribution in [-0.4, -0.2) is 72.9 Å². The molecular formula is C19H28ClFN4O4. The fourth-order valence-electron chi connectivity index (χ4n) is 2.67. The van der Waals surface area contributed by atoms with E-state index in [-0.39, 0.29) is 55.0 Å². The SMILES string of the molecule is CC(C)[C@H](N)C(=O)NCC(=O)N1CCN(C(=O)COc2ccc(F)cc2)CC1.Cl. The molecule has 162 valence electrons. The van der Waals surface area contributed by atoms with Gasteiger partial charge in [-0.05, 0) is 30.2 Å². The highest BCUT2D eigenvalue weighted by molar-refractivity contribution is 5.87. The summed E-state index contributed by atoms with van der Waals surface area (Å²) >= 11 is 0. The first-order valence-electron chi connectivity index (χ1n) is 9.25. The van der Waals surface area contributed by atoms with Gasteiger partial charge in [-0.3, -0.25) is 14.4 Å². The minimum atomic E-state index is -0.650. The molecule has 2 rings (SSSR count). The van der Waals surface area contributed by atoms with Gasteiger partial charge in [0.25, 0.3) is 5.91 Å². The molecule has 3 N–H and O–H groups in total. The molecule has 29 heavy (non-hydrogen) atoms. The molecule has 0 unspecified atom stereocenters. The molecule has 1 aliphatic heterocycles. The van der Waals surface area contributed by atoms with E-state index < -0.39 is 6.04 Å². The van der Waals surface area contributed by atoms with E-state index in [2.05, 4.69) is 5.32 Å². The van der Waals surface area contributed by atoms with Crippen LogP contribution < -0.4 is 15.8 Å². The zero-order chi connectivity index (χ0) is 20.7. The molecule has 0 bridgehead atoms. The number of benzene rings is 1. The van der Waals surface area contributed by atoms with E-state index in [0.29, 0.717) is 31.9 Å². The van der Waals surface area contributed by atoms with Gasteiger partial charge < -0.3 is 25.6 Å². The van der Waals surface area contributed by atoms with Gasteiger partial charge in [0, 0.05) is 26.2 Å². The van der Waals surface area contributed by atoms with Crippen LogP contribution in [0.15, 0.2) is 24.3 Å². The lowest BCUT2D eigenvalue weighted by molar-refractivity contribution is -0.140. The van der Waals surface area contributed by atoms with Crippen molar-refractivity contribution < 1.29 is 23.5 Å². The normalized spacial score (nSPS) is 14.8. The quantitative estimate of drug-likeness (QED) is 0.651. The first-order chi connectivity index (χ1) is 13.3. The second kappa shape index (κ2) is 11.6. The van der Waals surface area contributed by atoms with Crippen molar-refractivity contribution in [3.8, 4) is 5.75 Å². The molecule has 1 aromatic carbocycles. The van der Waals surface area contributed by atoms with Gasteiger partial charge in [0.15, 0.2) is 6.61 Å². The Hall–Kier alpha value is -2.39. The van der Waals surface area contributed by atoms with E-state index in [1.165, 1.54) is 24.3 Å². The van der Waals surface area contributed by atoms with Gasteiger partial charge in [0.1, 0.15) is 11.6 Å². The predicted octanol–water partition coefficient (Wildman–Crippen LogP) is 0.397. The number of piperazine rings is 1. The number of halogens is 2. The number of carbonyl (C=O) groups excluding carboxylic acids is 3. The van der Waals surface area contributed by atoms with Crippen molar-refractivity contribution >= 4 is 30.1 Å². The van der Waals surface area contributed by atoms with Crippen LogP contribution in [0.3, 0.4) is 0 Å². The zero-order valence-corrected chi connectivity index (χ0v) is 17.4. The number of nitrogens with one attached hydrogen (secondary N) is 1. The van der Waals surface area contributed by atoms with Gasteiger partial charge in [0.05, 0.1) is 12.6 Å². The Kier molecular flexibility index (Phi) is 9.84. The molecule has 8 nitrogen and oxygen atoms in total.